The maximum Gasteiger partial charge on any atom is 0.254 e. The van der Waals surface area contributed by atoms with Gasteiger partial charge < -0.3 is 5.32 Å². The summed E-state index contributed by atoms with van der Waals surface area (Å²) in [5.74, 6) is 0.652. The zero-order valence-electron chi connectivity index (χ0n) is 11.0. The zero-order chi connectivity index (χ0) is 13.9. The van der Waals surface area contributed by atoms with Gasteiger partial charge in [-0.25, -0.2) is 4.68 Å². The summed E-state index contributed by atoms with van der Waals surface area (Å²) in [6.45, 7) is 0.667. The van der Waals surface area contributed by atoms with Crippen molar-refractivity contribution in [3.8, 4) is 5.69 Å². The van der Waals surface area contributed by atoms with Gasteiger partial charge in [0, 0.05) is 17.6 Å². The molecule has 0 saturated heterocycles. The minimum Gasteiger partial charge on any atom is -0.351 e. The minimum atomic E-state index is -0.0720. The van der Waals surface area contributed by atoms with Gasteiger partial charge in [0.25, 0.3) is 5.91 Å². The summed E-state index contributed by atoms with van der Waals surface area (Å²) in [7, 11) is 0. The van der Waals surface area contributed by atoms with Crippen molar-refractivity contribution in [3.63, 3.8) is 0 Å². The first-order valence-corrected chi connectivity index (χ1v) is 7.68. The Bertz CT molecular complexity index is 592. The Morgan fingerprint density at radius 1 is 1.40 bits per heavy atom. The van der Waals surface area contributed by atoms with Gasteiger partial charge in [0.2, 0.25) is 0 Å². The van der Waals surface area contributed by atoms with Crippen molar-refractivity contribution in [2.45, 2.75) is 17.7 Å². The SMILES string of the molecule is O=C(NCC(Br)C1CC1)c1cnn(-c2ccccc2)c1. The molecule has 0 spiro atoms. The van der Waals surface area contributed by atoms with Gasteiger partial charge in [-0.1, -0.05) is 34.1 Å². The molecule has 1 N–H and O–H groups in total. The number of nitrogens with zero attached hydrogens (tertiary/aromatic N) is 2. The van der Waals surface area contributed by atoms with E-state index in [1.807, 2.05) is 30.3 Å². The molecule has 1 aliphatic carbocycles. The fourth-order valence-electron chi connectivity index (χ4n) is 2.08. The summed E-state index contributed by atoms with van der Waals surface area (Å²) in [5.41, 5.74) is 1.53. The molecule has 1 fully saturated rings. The topological polar surface area (TPSA) is 46.9 Å². The maximum atomic E-state index is 12.1. The first kappa shape index (κ1) is 13.4. The quantitative estimate of drug-likeness (QED) is 0.855. The fraction of sp³-hybridized carbons (Fsp3) is 0.333. The molecule has 4 nitrogen and oxygen atoms in total. The highest BCUT2D eigenvalue weighted by molar-refractivity contribution is 9.09. The third-order valence-corrected chi connectivity index (χ3v) is 4.53. The second kappa shape index (κ2) is 5.79. The van der Waals surface area contributed by atoms with E-state index in [0.29, 0.717) is 16.9 Å². The minimum absolute atomic E-state index is 0.0720. The molecule has 3 rings (SSSR count). The molecule has 1 aromatic heterocycles. The number of amides is 1. The lowest BCUT2D eigenvalue weighted by Gasteiger charge is -2.08. The number of rotatable bonds is 5. The van der Waals surface area contributed by atoms with Crippen LogP contribution in [0, 0.1) is 5.92 Å². The van der Waals surface area contributed by atoms with Gasteiger partial charge in [-0.2, -0.15) is 5.10 Å². The van der Waals surface area contributed by atoms with E-state index in [1.165, 1.54) is 12.8 Å². The Morgan fingerprint density at radius 3 is 2.85 bits per heavy atom. The number of benzene rings is 1. The number of hydrogen-bond donors (Lipinski definition) is 1. The number of hydrogen-bond acceptors (Lipinski definition) is 2. The average molecular weight is 334 g/mol. The van der Waals surface area contributed by atoms with Crippen molar-refractivity contribution in [3.05, 3.63) is 48.3 Å². The number of halogens is 1. The predicted octanol–water partition coefficient (Wildman–Crippen LogP) is 2.78. The van der Waals surface area contributed by atoms with Crippen molar-refractivity contribution in [2.75, 3.05) is 6.54 Å². The highest BCUT2D eigenvalue weighted by atomic mass is 79.9. The van der Waals surface area contributed by atoms with Crippen molar-refractivity contribution in [1.82, 2.24) is 15.1 Å². The Kier molecular flexibility index (Phi) is 3.87. The van der Waals surface area contributed by atoms with E-state index in [-0.39, 0.29) is 5.91 Å². The van der Waals surface area contributed by atoms with Crippen LogP contribution in [-0.4, -0.2) is 27.1 Å². The van der Waals surface area contributed by atoms with E-state index in [1.54, 1.807) is 17.1 Å². The monoisotopic (exact) mass is 333 g/mol. The smallest absolute Gasteiger partial charge is 0.254 e. The zero-order valence-corrected chi connectivity index (χ0v) is 12.6. The fourth-order valence-corrected chi connectivity index (χ4v) is 2.77. The summed E-state index contributed by atoms with van der Waals surface area (Å²) in [4.78, 5) is 12.4. The second-order valence-corrected chi connectivity index (χ2v) is 6.25. The number of para-hydroxylation sites is 1. The van der Waals surface area contributed by atoms with E-state index in [0.717, 1.165) is 11.6 Å². The Labute approximate surface area is 126 Å². The third-order valence-electron chi connectivity index (χ3n) is 3.46. The van der Waals surface area contributed by atoms with Gasteiger partial charge in [-0.3, -0.25) is 4.79 Å². The highest BCUT2D eigenvalue weighted by Gasteiger charge is 2.29. The molecule has 1 amide bonds. The van der Waals surface area contributed by atoms with E-state index in [2.05, 4.69) is 26.3 Å². The lowest BCUT2D eigenvalue weighted by atomic mass is 10.2. The summed E-state index contributed by atoms with van der Waals surface area (Å²) >= 11 is 3.61. The first-order valence-electron chi connectivity index (χ1n) is 6.76. The van der Waals surface area contributed by atoms with Crippen LogP contribution in [0.2, 0.25) is 0 Å². The average Bonchev–Trinajstić information content (AvgIpc) is 3.22. The van der Waals surface area contributed by atoms with Crippen LogP contribution < -0.4 is 5.32 Å². The normalized spacial score (nSPS) is 15.8. The molecule has 2 aromatic rings. The number of carbonyl (C=O) groups excluding carboxylic acids is 1. The number of carbonyl (C=O) groups is 1. The van der Waals surface area contributed by atoms with Crippen molar-refractivity contribution in [2.24, 2.45) is 5.92 Å². The molecule has 1 atom stereocenters. The van der Waals surface area contributed by atoms with Crippen LogP contribution in [-0.2, 0) is 0 Å². The van der Waals surface area contributed by atoms with Crippen LogP contribution in [0.1, 0.15) is 23.2 Å². The molecule has 1 aromatic carbocycles. The lowest BCUT2D eigenvalue weighted by molar-refractivity contribution is 0.0953. The molecule has 20 heavy (non-hydrogen) atoms. The lowest BCUT2D eigenvalue weighted by Crippen LogP contribution is -2.30. The first-order chi connectivity index (χ1) is 9.74. The Morgan fingerprint density at radius 2 is 2.15 bits per heavy atom. The number of aromatic nitrogens is 2. The van der Waals surface area contributed by atoms with E-state index in [4.69, 9.17) is 0 Å². The highest BCUT2D eigenvalue weighted by Crippen LogP contribution is 2.36. The maximum absolute atomic E-state index is 12.1. The third kappa shape index (κ3) is 3.10. The molecule has 0 radical (unpaired) electrons. The number of alkyl halides is 1. The van der Waals surface area contributed by atoms with Gasteiger partial charge in [0.05, 0.1) is 17.4 Å². The van der Waals surface area contributed by atoms with Gasteiger partial charge in [0.15, 0.2) is 0 Å². The summed E-state index contributed by atoms with van der Waals surface area (Å²) in [5, 5.41) is 7.17. The van der Waals surface area contributed by atoms with E-state index >= 15 is 0 Å². The van der Waals surface area contributed by atoms with Crippen LogP contribution in [0.25, 0.3) is 5.69 Å². The van der Waals surface area contributed by atoms with Crippen LogP contribution in [0.5, 0.6) is 0 Å². The molecule has 0 aliphatic heterocycles. The molecule has 1 unspecified atom stereocenters. The van der Waals surface area contributed by atoms with Crippen LogP contribution in [0.3, 0.4) is 0 Å². The molecule has 0 bridgehead atoms. The van der Waals surface area contributed by atoms with E-state index in [9.17, 15) is 4.79 Å². The Balaban J connectivity index is 1.62. The molecule has 1 saturated carbocycles. The van der Waals surface area contributed by atoms with Crippen molar-refractivity contribution in [1.29, 1.82) is 0 Å². The van der Waals surface area contributed by atoms with Gasteiger partial charge in [-0.05, 0) is 30.9 Å². The second-order valence-electron chi connectivity index (χ2n) is 5.07. The van der Waals surface area contributed by atoms with Gasteiger partial charge >= 0.3 is 0 Å². The standard InChI is InChI=1S/C15H16BrN3O/c16-14(11-6-7-11)9-17-15(20)12-8-18-19(10-12)13-4-2-1-3-5-13/h1-5,8,10-11,14H,6-7,9H2,(H,17,20). The van der Waals surface area contributed by atoms with Crippen LogP contribution >= 0.6 is 15.9 Å². The van der Waals surface area contributed by atoms with Crippen LogP contribution in [0.15, 0.2) is 42.7 Å². The molecule has 104 valence electrons. The van der Waals surface area contributed by atoms with Crippen molar-refractivity contribution >= 4 is 21.8 Å². The molecule has 5 heteroatoms. The summed E-state index contributed by atoms with van der Waals surface area (Å²) < 4.78 is 1.71. The summed E-state index contributed by atoms with van der Waals surface area (Å²) in [6.07, 6.45) is 5.88. The molecule has 1 heterocycles. The largest absolute Gasteiger partial charge is 0.351 e. The van der Waals surface area contributed by atoms with Crippen molar-refractivity contribution < 1.29 is 4.79 Å². The number of nitrogens with one attached hydrogen (secondary N) is 1. The predicted molar refractivity (Wildman–Crippen MR) is 81.3 cm³/mol. The molecular formula is C15H16BrN3O. The van der Waals surface area contributed by atoms with Gasteiger partial charge in [-0.15, -0.1) is 0 Å². The molecular weight excluding hydrogens is 318 g/mol. The van der Waals surface area contributed by atoms with Crippen LogP contribution in [0.4, 0.5) is 0 Å². The van der Waals surface area contributed by atoms with Gasteiger partial charge in [0.1, 0.15) is 0 Å². The summed E-state index contributed by atoms with van der Waals surface area (Å²) in [6, 6.07) is 9.75. The Hall–Kier alpha value is -1.62. The molecule has 1 aliphatic rings. The van der Waals surface area contributed by atoms with E-state index < -0.39 is 0 Å².